The zero-order valence-electron chi connectivity index (χ0n) is 14.5. The summed E-state index contributed by atoms with van der Waals surface area (Å²) in [5, 5.41) is 7.41. The van der Waals surface area contributed by atoms with E-state index in [4.69, 9.17) is 12.2 Å². The van der Waals surface area contributed by atoms with E-state index in [1.165, 1.54) is 56.4 Å². The van der Waals surface area contributed by atoms with Crippen molar-refractivity contribution in [2.45, 2.75) is 57.0 Å². The van der Waals surface area contributed by atoms with Crippen molar-refractivity contribution in [3.63, 3.8) is 0 Å². The number of hydrogen-bond acceptors (Lipinski definition) is 2. The average Bonchev–Trinajstić information content (AvgIpc) is 2.63. The van der Waals surface area contributed by atoms with E-state index in [9.17, 15) is 9.18 Å². The van der Waals surface area contributed by atoms with Gasteiger partial charge in [0.05, 0.1) is 0 Å². The highest BCUT2D eigenvalue weighted by molar-refractivity contribution is 7.80. The number of nitrogens with one attached hydrogen (secondary N) is 2. The van der Waals surface area contributed by atoms with Gasteiger partial charge in [-0.3, -0.25) is 4.79 Å². The zero-order valence-corrected chi connectivity index (χ0v) is 15.3. The molecule has 0 unspecified atom stereocenters. The molecule has 1 saturated heterocycles. The molecule has 136 valence electrons. The second-order valence-corrected chi connectivity index (χ2v) is 7.41. The van der Waals surface area contributed by atoms with E-state index in [1.807, 2.05) is 0 Å². The van der Waals surface area contributed by atoms with Gasteiger partial charge in [0.25, 0.3) is 5.91 Å². The number of rotatable bonds is 3. The monoisotopic (exact) mass is 363 g/mol. The van der Waals surface area contributed by atoms with E-state index in [1.54, 1.807) is 0 Å². The maximum atomic E-state index is 12.9. The highest BCUT2D eigenvalue weighted by Gasteiger charge is 2.24. The molecule has 1 aromatic rings. The third kappa shape index (κ3) is 5.14. The smallest absolute Gasteiger partial charge is 0.251 e. The van der Waals surface area contributed by atoms with Gasteiger partial charge in [-0.25, -0.2) is 4.39 Å². The van der Waals surface area contributed by atoms with Gasteiger partial charge in [-0.05, 0) is 62.2 Å². The molecule has 0 aromatic heterocycles. The number of nitrogens with zero attached hydrogens (tertiary/aromatic N) is 1. The zero-order chi connectivity index (χ0) is 17.6. The molecule has 1 aliphatic carbocycles. The Bertz CT molecular complexity index is 593. The Kier molecular flexibility index (Phi) is 6.24. The summed E-state index contributed by atoms with van der Waals surface area (Å²) in [5.74, 6) is -0.467. The number of hydrogen-bond donors (Lipinski definition) is 2. The van der Waals surface area contributed by atoms with Crippen LogP contribution in [0.2, 0.25) is 0 Å². The predicted octanol–water partition coefficient (Wildman–Crippen LogP) is 3.23. The topological polar surface area (TPSA) is 44.4 Å². The quantitative estimate of drug-likeness (QED) is 0.810. The van der Waals surface area contributed by atoms with Crippen LogP contribution in [0.15, 0.2) is 24.3 Å². The number of halogens is 1. The summed E-state index contributed by atoms with van der Waals surface area (Å²) in [6, 6.07) is 6.33. The highest BCUT2D eigenvalue weighted by atomic mass is 32.1. The number of carbonyl (C=O) groups excluding carboxylic acids is 1. The molecular weight excluding hydrogens is 337 g/mol. The van der Waals surface area contributed by atoms with Crippen LogP contribution < -0.4 is 10.6 Å². The van der Waals surface area contributed by atoms with Crippen molar-refractivity contribution in [1.29, 1.82) is 0 Å². The van der Waals surface area contributed by atoms with Crippen LogP contribution in [0, 0.1) is 5.82 Å². The number of benzene rings is 1. The van der Waals surface area contributed by atoms with Crippen LogP contribution in [-0.2, 0) is 0 Å². The third-order valence-corrected chi connectivity index (χ3v) is 5.53. The molecule has 25 heavy (non-hydrogen) atoms. The van der Waals surface area contributed by atoms with Crippen molar-refractivity contribution in [2.75, 3.05) is 13.1 Å². The predicted molar refractivity (Wildman–Crippen MR) is 101 cm³/mol. The molecule has 1 saturated carbocycles. The van der Waals surface area contributed by atoms with Crippen molar-refractivity contribution in [3.8, 4) is 0 Å². The molecule has 1 aromatic carbocycles. The van der Waals surface area contributed by atoms with E-state index in [0.717, 1.165) is 31.0 Å². The van der Waals surface area contributed by atoms with Gasteiger partial charge in [-0.2, -0.15) is 0 Å². The van der Waals surface area contributed by atoms with E-state index in [0.29, 0.717) is 11.6 Å². The Morgan fingerprint density at radius 1 is 0.960 bits per heavy atom. The lowest BCUT2D eigenvalue weighted by Crippen LogP contribution is -2.51. The molecule has 1 amide bonds. The molecule has 1 heterocycles. The molecule has 3 rings (SSSR count). The van der Waals surface area contributed by atoms with Crippen LogP contribution in [0.4, 0.5) is 4.39 Å². The Morgan fingerprint density at radius 2 is 1.56 bits per heavy atom. The van der Waals surface area contributed by atoms with E-state index >= 15 is 0 Å². The molecule has 4 nitrogen and oxygen atoms in total. The summed E-state index contributed by atoms with van der Waals surface area (Å²) in [6.07, 6.45) is 8.09. The number of thiocarbonyl (C=S) groups is 1. The van der Waals surface area contributed by atoms with Gasteiger partial charge in [-0.1, -0.05) is 19.3 Å². The second kappa shape index (κ2) is 8.61. The molecule has 6 heteroatoms. The van der Waals surface area contributed by atoms with Crippen LogP contribution in [0.5, 0.6) is 0 Å². The summed E-state index contributed by atoms with van der Waals surface area (Å²) < 4.78 is 12.9. The number of amides is 1. The standard InChI is InChI=1S/C19H26FN3OS/c20-15-8-6-14(7-9-15)18(24)21-17-10-12-23(13-11-17)19(25)22-16-4-2-1-3-5-16/h6-9,16-17H,1-5,10-13H2,(H,21,24)(H,22,25). The van der Waals surface area contributed by atoms with Gasteiger partial charge in [0.2, 0.25) is 0 Å². The van der Waals surface area contributed by atoms with Gasteiger partial charge < -0.3 is 15.5 Å². The fourth-order valence-corrected chi connectivity index (χ4v) is 3.96. The summed E-state index contributed by atoms with van der Waals surface area (Å²) in [6.45, 7) is 1.71. The Morgan fingerprint density at radius 3 is 2.20 bits per heavy atom. The Balaban J connectivity index is 1.42. The molecule has 2 fully saturated rings. The number of piperidine rings is 1. The van der Waals surface area contributed by atoms with Crippen LogP contribution in [0.25, 0.3) is 0 Å². The number of carbonyl (C=O) groups is 1. The fourth-order valence-electron chi connectivity index (χ4n) is 3.61. The molecule has 0 bridgehead atoms. The SMILES string of the molecule is O=C(NC1CCN(C(=S)NC2CCCCC2)CC1)c1ccc(F)cc1. The summed E-state index contributed by atoms with van der Waals surface area (Å²) in [5.41, 5.74) is 0.498. The molecule has 1 aliphatic heterocycles. The Labute approximate surface area is 154 Å². The minimum Gasteiger partial charge on any atom is -0.360 e. The average molecular weight is 364 g/mol. The normalized spacial score (nSPS) is 19.5. The third-order valence-electron chi connectivity index (χ3n) is 5.16. The number of likely N-dealkylation sites (tertiary alicyclic amines) is 1. The molecule has 2 N–H and O–H groups in total. The summed E-state index contributed by atoms with van der Waals surface area (Å²) in [7, 11) is 0. The van der Waals surface area contributed by atoms with Crippen molar-refractivity contribution in [1.82, 2.24) is 15.5 Å². The fraction of sp³-hybridized carbons (Fsp3) is 0.579. The first-order chi connectivity index (χ1) is 12.1. The van der Waals surface area contributed by atoms with Crippen molar-refractivity contribution in [2.24, 2.45) is 0 Å². The first-order valence-corrected chi connectivity index (χ1v) is 9.64. The lowest BCUT2D eigenvalue weighted by atomic mass is 9.96. The van der Waals surface area contributed by atoms with E-state index in [-0.39, 0.29) is 17.8 Å². The molecular formula is C19H26FN3OS. The van der Waals surface area contributed by atoms with Crippen molar-refractivity contribution >= 4 is 23.2 Å². The molecule has 0 spiro atoms. The van der Waals surface area contributed by atoms with Crippen LogP contribution in [0.1, 0.15) is 55.3 Å². The van der Waals surface area contributed by atoms with Crippen LogP contribution in [0.3, 0.4) is 0 Å². The maximum Gasteiger partial charge on any atom is 0.251 e. The van der Waals surface area contributed by atoms with Gasteiger partial charge in [0, 0.05) is 30.7 Å². The minimum absolute atomic E-state index is 0.138. The van der Waals surface area contributed by atoms with Crippen molar-refractivity contribution in [3.05, 3.63) is 35.6 Å². The van der Waals surface area contributed by atoms with Crippen LogP contribution >= 0.6 is 12.2 Å². The summed E-state index contributed by atoms with van der Waals surface area (Å²) in [4.78, 5) is 14.4. The lowest BCUT2D eigenvalue weighted by molar-refractivity contribution is 0.0922. The lowest BCUT2D eigenvalue weighted by Gasteiger charge is -2.36. The Hall–Kier alpha value is -1.69. The molecule has 0 atom stereocenters. The largest absolute Gasteiger partial charge is 0.360 e. The molecule has 0 radical (unpaired) electrons. The van der Waals surface area contributed by atoms with E-state index < -0.39 is 0 Å². The van der Waals surface area contributed by atoms with E-state index in [2.05, 4.69) is 15.5 Å². The first kappa shape index (κ1) is 18.1. The van der Waals surface area contributed by atoms with Gasteiger partial charge in [-0.15, -0.1) is 0 Å². The van der Waals surface area contributed by atoms with Crippen LogP contribution in [-0.4, -0.2) is 41.1 Å². The van der Waals surface area contributed by atoms with Gasteiger partial charge in [0.15, 0.2) is 5.11 Å². The minimum atomic E-state index is -0.330. The van der Waals surface area contributed by atoms with Crippen molar-refractivity contribution < 1.29 is 9.18 Å². The highest BCUT2D eigenvalue weighted by Crippen LogP contribution is 2.18. The maximum absolute atomic E-state index is 12.9. The molecule has 2 aliphatic rings. The van der Waals surface area contributed by atoms with Gasteiger partial charge in [0.1, 0.15) is 5.82 Å². The summed E-state index contributed by atoms with van der Waals surface area (Å²) >= 11 is 5.56. The second-order valence-electron chi connectivity index (χ2n) is 7.03. The first-order valence-electron chi connectivity index (χ1n) is 9.24. The van der Waals surface area contributed by atoms with Gasteiger partial charge >= 0.3 is 0 Å².